The summed E-state index contributed by atoms with van der Waals surface area (Å²) < 4.78 is 23.7. The molecule has 0 saturated carbocycles. The van der Waals surface area contributed by atoms with E-state index in [1.54, 1.807) is 19.1 Å². The minimum atomic E-state index is -0.704. The van der Waals surface area contributed by atoms with E-state index < -0.39 is 23.6 Å². The van der Waals surface area contributed by atoms with Gasteiger partial charge in [0.1, 0.15) is 5.82 Å². The number of amides is 2. The van der Waals surface area contributed by atoms with Gasteiger partial charge in [-0.3, -0.25) is 9.59 Å². The predicted molar refractivity (Wildman–Crippen MR) is 104 cm³/mol. The molecule has 0 fully saturated rings. The standard InChI is InChI=1S/C21H17FN2O5/c1-12-5-6-13(10-16(12)23-20(26)18-4-3-9-29-18)19(25)24-17-11-14(21(27)28-2)7-8-15(17)22/h3-11H,1-2H3,(H,23,26)(H,24,25). The van der Waals surface area contributed by atoms with Crippen molar-refractivity contribution in [1.82, 2.24) is 0 Å². The molecular formula is C21H17FN2O5. The quantitative estimate of drug-likeness (QED) is 0.635. The number of nitrogens with one attached hydrogen (secondary N) is 2. The second-order valence-corrected chi connectivity index (χ2v) is 6.10. The Morgan fingerprint density at radius 2 is 1.62 bits per heavy atom. The minimum Gasteiger partial charge on any atom is -0.465 e. The molecule has 0 aliphatic rings. The normalized spacial score (nSPS) is 10.3. The fourth-order valence-corrected chi connectivity index (χ4v) is 2.55. The highest BCUT2D eigenvalue weighted by atomic mass is 19.1. The van der Waals surface area contributed by atoms with E-state index in [9.17, 15) is 18.8 Å². The van der Waals surface area contributed by atoms with E-state index in [-0.39, 0.29) is 22.6 Å². The van der Waals surface area contributed by atoms with Gasteiger partial charge < -0.3 is 19.8 Å². The van der Waals surface area contributed by atoms with Crippen molar-refractivity contribution < 1.29 is 27.9 Å². The molecular weight excluding hydrogens is 379 g/mol. The summed E-state index contributed by atoms with van der Waals surface area (Å²) in [5, 5.41) is 5.09. The first kappa shape index (κ1) is 19.8. The molecule has 29 heavy (non-hydrogen) atoms. The van der Waals surface area contributed by atoms with Gasteiger partial charge in [0.15, 0.2) is 5.76 Å². The second kappa shape index (κ2) is 8.39. The summed E-state index contributed by atoms with van der Waals surface area (Å²) >= 11 is 0. The predicted octanol–water partition coefficient (Wildman–Crippen LogP) is 4.02. The molecule has 3 rings (SSSR count). The maximum atomic E-state index is 14.1. The largest absolute Gasteiger partial charge is 0.465 e. The van der Waals surface area contributed by atoms with E-state index in [1.165, 1.54) is 43.7 Å². The minimum absolute atomic E-state index is 0.0968. The van der Waals surface area contributed by atoms with Gasteiger partial charge in [-0.25, -0.2) is 9.18 Å². The number of esters is 1. The Morgan fingerprint density at radius 1 is 0.931 bits per heavy atom. The lowest BCUT2D eigenvalue weighted by atomic mass is 10.1. The van der Waals surface area contributed by atoms with E-state index >= 15 is 0 Å². The summed E-state index contributed by atoms with van der Waals surface area (Å²) in [7, 11) is 1.20. The fourth-order valence-electron chi connectivity index (χ4n) is 2.55. The van der Waals surface area contributed by atoms with E-state index in [2.05, 4.69) is 15.4 Å². The average molecular weight is 396 g/mol. The van der Waals surface area contributed by atoms with E-state index in [1.807, 2.05) is 0 Å². The Balaban J connectivity index is 1.81. The van der Waals surface area contributed by atoms with Crippen LogP contribution in [0.1, 0.15) is 36.8 Å². The van der Waals surface area contributed by atoms with Crippen LogP contribution < -0.4 is 10.6 Å². The molecule has 0 aliphatic carbocycles. The highest BCUT2D eigenvalue weighted by molar-refractivity contribution is 6.07. The summed E-state index contributed by atoms with van der Waals surface area (Å²) in [5.41, 5.74) is 1.25. The molecule has 8 heteroatoms. The molecule has 1 heterocycles. The maximum Gasteiger partial charge on any atom is 0.337 e. The Kier molecular flexibility index (Phi) is 5.73. The van der Waals surface area contributed by atoms with Crippen LogP contribution in [0.25, 0.3) is 0 Å². The van der Waals surface area contributed by atoms with Crippen molar-refractivity contribution in [1.29, 1.82) is 0 Å². The van der Waals surface area contributed by atoms with Crippen LogP contribution in [0.5, 0.6) is 0 Å². The van der Waals surface area contributed by atoms with Crippen LogP contribution in [-0.4, -0.2) is 24.9 Å². The summed E-state index contributed by atoms with van der Waals surface area (Å²) in [6.07, 6.45) is 1.38. The van der Waals surface area contributed by atoms with Gasteiger partial charge in [0, 0.05) is 11.3 Å². The van der Waals surface area contributed by atoms with Crippen LogP contribution in [0.3, 0.4) is 0 Å². The third-order valence-corrected chi connectivity index (χ3v) is 4.13. The zero-order chi connectivity index (χ0) is 21.0. The molecule has 1 aromatic heterocycles. The fraction of sp³-hybridized carbons (Fsp3) is 0.0952. The molecule has 0 atom stereocenters. The number of anilines is 2. The van der Waals surface area contributed by atoms with Crippen LogP contribution in [-0.2, 0) is 4.74 Å². The molecule has 148 valence electrons. The zero-order valence-electron chi connectivity index (χ0n) is 15.6. The number of halogens is 1. The van der Waals surface area contributed by atoms with Gasteiger partial charge in [0.05, 0.1) is 24.6 Å². The van der Waals surface area contributed by atoms with Gasteiger partial charge >= 0.3 is 5.97 Å². The molecule has 0 aliphatic heterocycles. The molecule has 0 saturated heterocycles. The molecule has 2 N–H and O–H groups in total. The first-order valence-corrected chi connectivity index (χ1v) is 8.53. The number of furan rings is 1. The molecule has 0 radical (unpaired) electrons. The zero-order valence-corrected chi connectivity index (χ0v) is 15.6. The number of hydrogen-bond acceptors (Lipinski definition) is 5. The van der Waals surface area contributed by atoms with Gasteiger partial charge in [-0.1, -0.05) is 6.07 Å². The Bertz CT molecular complexity index is 1080. The number of carbonyl (C=O) groups is 3. The number of benzene rings is 2. The van der Waals surface area contributed by atoms with Crippen LogP contribution in [0.4, 0.5) is 15.8 Å². The van der Waals surface area contributed by atoms with E-state index in [4.69, 9.17) is 4.42 Å². The molecule has 7 nitrogen and oxygen atoms in total. The third kappa shape index (κ3) is 4.49. The van der Waals surface area contributed by atoms with Crippen LogP contribution in [0, 0.1) is 12.7 Å². The summed E-state index contributed by atoms with van der Waals surface area (Å²) in [5.74, 6) is -2.31. The smallest absolute Gasteiger partial charge is 0.337 e. The van der Waals surface area contributed by atoms with Gasteiger partial charge in [0.25, 0.3) is 11.8 Å². The van der Waals surface area contributed by atoms with E-state index in [0.717, 1.165) is 11.6 Å². The Morgan fingerprint density at radius 3 is 2.31 bits per heavy atom. The number of ether oxygens (including phenoxy) is 1. The Hall–Kier alpha value is -3.94. The molecule has 0 spiro atoms. The summed E-state index contributed by atoms with van der Waals surface area (Å²) in [6.45, 7) is 1.76. The number of aryl methyl sites for hydroxylation is 1. The summed E-state index contributed by atoms with van der Waals surface area (Å²) in [4.78, 5) is 36.4. The van der Waals surface area contributed by atoms with Gasteiger partial charge in [-0.2, -0.15) is 0 Å². The van der Waals surface area contributed by atoms with Crippen molar-refractivity contribution >= 4 is 29.2 Å². The number of carbonyl (C=O) groups excluding carboxylic acids is 3. The van der Waals surface area contributed by atoms with Crippen LogP contribution in [0.15, 0.2) is 59.2 Å². The van der Waals surface area contributed by atoms with Crippen LogP contribution in [0.2, 0.25) is 0 Å². The molecule has 0 bridgehead atoms. The first-order valence-electron chi connectivity index (χ1n) is 8.53. The maximum absolute atomic E-state index is 14.1. The first-order chi connectivity index (χ1) is 13.9. The van der Waals surface area contributed by atoms with E-state index in [0.29, 0.717) is 5.69 Å². The van der Waals surface area contributed by atoms with Crippen LogP contribution >= 0.6 is 0 Å². The Labute approximate surface area is 165 Å². The molecule has 0 unspecified atom stereocenters. The van der Waals surface area contributed by atoms with Crippen molar-refractivity contribution in [2.45, 2.75) is 6.92 Å². The van der Waals surface area contributed by atoms with Gasteiger partial charge in [-0.15, -0.1) is 0 Å². The van der Waals surface area contributed by atoms with Crippen molar-refractivity contribution in [2.75, 3.05) is 17.7 Å². The van der Waals surface area contributed by atoms with Gasteiger partial charge in [-0.05, 0) is 55.0 Å². The molecule has 2 amide bonds. The van der Waals surface area contributed by atoms with Crippen molar-refractivity contribution in [2.24, 2.45) is 0 Å². The molecule has 2 aromatic carbocycles. The lowest BCUT2D eigenvalue weighted by molar-refractivity contribution is 0.0600. The topological polar surface area (TPSA) is 97.6 Å². The van der Waals surface area contributed by atoms with Crippen molar-refractivity contribution in [3.63, 3.8) is 0 Å². The third-order valence-electron chi connectivity index (χ3n) is 4.13. The molecule has 3 aromatic rings. The van der Waals surface area contributed by atoms with Crippen molar-refractivity contribution in [3.8, 4) is 0 Å². The number of methoxy groups -OCH3 is 1. The number of rotatable bonds is 5. The average Bonchev–Trinajstić information content (AvgIpc) is 3.25. The highest BCUT2D eigenvalue weighted by Gasteiger charge is 2.16. The van der Waals surface area contributed by atoms with Crippen molar-refractivity contribution in [3.05, 3.63) is 83.1 Å². The lowest BCUT2D eigenvalue weighted by Crippen LogP contribution is -2.16. The number of hydrogen-bond donors (Lipinski definition) is 2. The second-order valence-electron chi connectivity index (χ2n) is 6.10. The SMILES string of the molecule is COC(=O)c1ccc(F)c(NC(=O)c2ccc(C)c(NC(=O)c3ccco3)c2)c1. The highest BCUT2D eigenvalue weighted by Crippen LogP contribution is 2.21. The van der Waals surface area contributed by atoms with Gasteiger partial charge in [0.2, 0.25) is 0 Å². The monoisotopic (exact) mass is 396 g/mol. The lowest BCUT2D eigenvalue weighted by Gasteiger charge is -2.11. The summed E-state index contributed by atoms with van der Waals surface area (Å²) in [6, 6.07) is 11.3.